The van der Waals surface area contributed by atoms with Crippen LogP contribution in [0.3, 0.4) is 0 Å². The Hall–Kier alpha value is -1.00. The summed E-state index contributed by atoms with van der Waals surface area (Å²) in [6, 6.07) is 0. The van der Waals surface area contributed by atoms with E-state index in [9.17, 15) is 0 Å². The molecule has 4 heteroatoms. The maximum Gasteiger partial charge on any atom is 0.116 e. The van der Waals surface area contributed by atoms with Crippen molar-refractivity contribution >= 4 is 34.8 Å². The fourth-order valence-electron chi connectivity index (χ4n) is 1.04. The Kier molecular flexibility index (Phi) is 2.74. The van der Waals surface area contributed by atoms with Crippen LogP contribution in [0.5, 0.6) is 0 Å². The minimum Gasteiger partial charge on any atom is -0.242 e. The zero-order valence-corrected chi connectivity index (χ0v) is 9.65. The van der Waals surface area contributed by atoms with Crippen molar-refractivity contribution in [2.24, 2.45) is 0 Å². The summed E-state index contributed by atoms with van der Waals surface area (Å²) in [6.07, 6.45) is 4.02. The molecule has 0 spiro atoms. The van der Waals surface area contributed by atoms with E-state index in [0.717, 1.165) is 21.4 Å². The molecule has 0 radical (unpaired) electrons. The molecule has 0 bridgehead atoms. The molecule has 0 aliphatic rings. The first kappa shape index (κ1) is 9.55. The molecule has 2 aromatic heterocycles. The Morgan fingerprint density at radius 3 is 1.64 bits per heavy atom. The lowest BCUT2D eigenvalue weighted by molar-refractivity contribution is 1.25. The van der Waals surface area contributed by atoms with Gasteiger partial charge in [-0.1, -0.05) is 0 Å². The van der Waals surface area contributed by atoms with Gasteiger partial charge in [0.05, 0.1) is 0 Å². The maximum atomic E-state index is 4.34. The van der Waals surface area contributed by atoms with Crippen molar-refractivity contribution in [3.05, 3.63) is 32.2 Å². The van der Waals surface area contributed by atoms with Crippen LogP contribution in [0.4, 0.5) is 0 Å². The van der Waals surface area contributed by atoms with Gasteiger partial charge < -0.3 is 0 Å². The van der Waals surface area contributed by atoms with E-state index >= 15 is 0 Å². The SMILES string of the molecule is Cc1csc(/C=C\c2nc(C)cs2)n1. The largest absolute Gasteiger partial charge is 0.242 e. The first-order valence-corrected chi connectivity index (χ1v) is 6.02. The minimum atomic E-state index is 1.04. The highest BCUT2D eigenvalue weighted by Gasteiger charge is 1.95. The van der Waals surface area contributed by atoms with Crippen LogP contribution in [0, 0.1) is 13.8 Å². The maximum absolute atomic E-state index is 4.34. The predicted molar refractivity (Wildman–Crippen MR) is 62.6 cm³/mol. The van der Waals surface area contributed by atoms with Gasteiger partial charge in [-0.3, -0.25) is 0 Å². The van der Waals surface area contributed by atoms with Crippen molar-refractivity contribution in [2.75, 3.05) is 0 Å². The summed E-state index contributed by atoms with van der Waals surface area (Å²) in [7, 11) is 0. The van der Waals surface area contributed by atoms with Crippen molar-refractivity contribution in [3.8, 4) is 0 Å². The fourth-order valence-corrected chi connectivity index (χ4v) is 2.41. The van der Waals surface area contributed by atoms with Crippen LogP contribution in [0.1, 0.15) is 21.4 Å². The van der Waals surface area contributed by atoms with Crippen molar-refractivity contribution in [1.82, 2.24) is 9.97 Å². The van der Waals surface area contributed by atoms with Gasteiger partial charge in [-0.25, -0.2) is 9.97 Å². The Morgan fingerprint density at radius 1 is 0.929 bits per heavy atom. The lowest BCUT2D eigenvalue weighted by atomic mass is 10.5. The third-order valence-corrected chi connectivity index (χ3v) is 3.50. The molecule has 0 saturated carbocycles. The molecule has 0 atom stereocenters. The summed E-state index contributed by atoms with van der Waals surface area (Å²) in [5, 5.41) is 6.17. The van der Waals surface area contributed by atoms with Crippen LogP contribution in [-0.2, 0) is 0 Å². The van der Waals surface area contributed by atoms with Gasteiger partial charge >= 0.3 is 0 Å². The van der Waals surface area contributed by atoms with Gasteiger partial charge in [0.1, 0.15) is 10.0 Å². The van der Waals surface area contributed by atoms with Crippen molar-refractivity contribution in [1.29, 1.82) is 0 Å². The molecule has 14 heavy (non-hydrogen) atoms. The average Bonchev–Trinajstić information content (AvgIpc) is 2.72. The molecular formula is C10H10N2S2. The second kappa shape index (κ2) is 4.02. The molecule has 0 saturated heterocycles. The molecular weight excluding hydrogens is 212 g/mol. The second-order valence-corrected chi connectivity index (χ2v) is 4.77. The number of rotatable bonds is 2. The van der Waals surface area contributed by atoms with Crippen LogP contribution in [-0.4, -0.2) is 9.97 Å². The van der Waals surface area contributed by atoms with Crippen molar-refractivity contribution < 1.29 is 0 Å². The molecule has 0 aliphatic heterocycles. The topological polar surface area (TPSA) is 25.8 Å². The Labute approximate surface area is 91.0 Å². The van der Waals surface area contributed by atoms with E-state index in [0.29, 0.717) is 0 Å². The van der Waals surface area contributed by atoms with Gasteiger partial charge in [0, 0.05) is 22.1 Å². The lowest BCUT2D eigenvalue weighted by Gasteiger charge is -1.82. The third kappa shape index (κ3) is 2.27. The van der Waals surface area contributed by atoms with Crippen LogP contribution in [0.15, 0.2) is 10.8 Å². The highest BCUT2D eigenvalue weighted by molar-refractivity contribution is 7.11. The molecule has 0 aliphatic carbocycles. The van der Waals surface area contributed by atoms with Gasteiger partial charge in [-0.05, 0) is 26.0 Å². The molecule has 0 unspecified atom stereocenters. The molecule has 0 aromatic carbocycles. The number of aromatic nitrogens is 2. The molecule has 0 N–H and O–H groups in total. The minimum absolute atomic E-state index is 1.04. The summed E-state index contributed by atoms with van der Waals surface area (Å²) in [6.45, 7) is 4.00. The molecule has 0 amide bonds. The standard InChI is InChI=1S/C10H10N2S2/c1-7-5-13-9(11-7)3-4-10-12-8(2)6-14-10/h3-6H,1-2H3/b4-3-. The monoisotopic (exact) mass is 222 g/mol. The van der Waals surface area contributed by atoms with Crippen LogP contribution < -0.4 is 0 Å². The van der Waals surface area contributed by atoms with Crippen LogP contribution in [0.25, 0.3) is 12.2 Å². The quantitative estimate of drug-likeness (QED) is 0.778. The van der Waals surface area contributed by atoms with E-state index in [1.165, 1.54) is 0 Å². The van der Waals surface area contributed by atoms with Gasteiger partial charge in [0.15, 0.2) is 0 Å². The molecule has 72 valence electrons. The molecule has 2 nitrogen and oxygen atoms in total. The fraction of sp³-hybridized carbons (Fsp3) is 0.200. The van der Waals surface area contributed by atoms with Crippen molar-refractivity contribution in [3.63, 3.8) is 0 Å². The highest BCUT2D eigenvalue weighted by atomic mass is 32.1. The number of hydrogen-bond acceptors (Lipinski definition) is 4. The van der Waals surface area contributed by atoms with E-state index < -0.39 is 0 Å². The van der Waals surface area contributed by atoms with Crippen LogP contribution >= 0.6 is 22.7 Å². The second-order valence-electron chi connectivity index (χ2n) is 2.99. The molecule has 0 fully saturated rings. The Bertz CT molecular complexity index is 412. The molecule has 2 heterocycles. The number of nitrogens with zero attached hydrogens (tertiary/aromatic N) is 2. The summed E-state index contributed by atoms with van der Waals surface area (Å²) >= 11 is 3.31. The van der Waals surface area contributed by atoms with Gasteiger partial charge in [-0.2, -0.15) is 0 Å². The summed E-state index contributed by atoms with van der Waals surface area (Å²) in [5.41, 5.74) is 2.15. The zero-order chi connectivity index (χ0) is 9.97. The highest BCUT2D eigenvalue weighted by Crippen LogP contribution is 2.15. The number of aryl methyl sites for hydroxylation is 2. The van der Waals surface area contributed by atoms with E-state index in [1.54, 1.807) is 22.7 Å². The van der Waals surface area contributed by atoms with E-state index in [4.69, 9.17) is 0 Å². The number of thiazole rings is 2. The van der Waals surface area contributed by atoms with Gasteiger partial charge in [0.2, 0.25) is 0 Å². The average molecular weight is 222 g/mol. The summed E-state index contributed by atoms with van der Waals surface area (Å²) in [4.78, 5) is 8.68. The van der Waals surface area contributed by atoms with E-state index in [-0.39, 0.29) is 0 Å². The first-order chi connectivity index (χ1) is 6.74. The Balaban J connectivity index is 2.14. The van der Waals surface area contributed by atoms with Gasteiger partial charge in [0.25, 0.3) is 0 Å². The zero-order valence-electron chi connectivity index (χ0n) is 8.02. The summed E-state index contributed by atoms with van der Waals surface area (Å²) in [5.74, 6) is 0. The van der Waals surface area contributed by atoms with E-state index in [1.807, 2.05) is 36.8 Å². The molecule has 2 aromatic rings. The van der Waals surface area contributed by atoms with Crippen molar-refractivity contribution in [2.45, 2.75) is 13.8 Å². The van der Waals surface area contributed by atoms with Crippen LogP contribution in [0.2, 0.25) is 0 Å². The van der Waals surface area contributed by atoms with E-state index in [2.05, 4.69) is 9.97 Å². The third-order valence-electron chi connectivity index (χ3n) is 1.64. The predicted octanol–water partition coefficient (Wildman–Crippen LogP) is 3.39. The Morgan fingerprint density at radius 2 is 1.36 bits per heavy atom. The molecule has 2 rings (SSSR count). The number of hydrogen-bond donors (Lipinski definition) is 0. The first-order valence-electron chi connectivity index (χ1n) is 4.26. The lowest BCUT2D eigenvalue weighted by Crippen LogP contribution is -1.72. The normalized spacial score (nSPS) is 11.3. The summed E-state index contributed by atoms with van der Waals surface area (Å²) < 4.78 is 0. The smallest absolute Gasteiger partial charge is 0.116 e. The van der Waals surface area contributed by atoms with Gasteiger partial charge in [-0.15, -0.1) is 22.7 Å².